The van der Waals surface area contributed by atoms with E-state index in [2.05, 4.69) is 42.3 Å². The predicted molar refractivity (Wildman–Crippen MR) is 120 cm³/mol. The summed E-state index contributed by atoms with van der Waals surface area (Å²) in [7, 11) is 0. The average Bonchev–Trinajstić information content (AvgIpc) is 2.67. The number of hydrogen-bond acceptors (Lipinski definition) is 6. The van der Waals surface area contributed by atoms with Crippen molar-refractivity contribution >= 4 is 61.3 Å². The largest absolute Gasteiger partial charge is 0.504 e. The maximum absolute atomic E-state index is 11.5. The number of carbonyl (C=O) groups is 1. The maximum atomic E-state index is 11.5. The molecule has 0 aromatic heterocycles. The molecular weight excluding hydrogens is 543 g/mol. The summed E-state index contributed by atoms with van der Waals surface area (Å²) >= 11 is 12.8. The molecule has 3 N–H and O–H groups in total. The highest BCUT2D eigenvalue weighted by Crippen LogP contribution is 2.41. The molecule has 3 aromatic rings. The van der Waals surface area contributed by atoms with Gasteiger partial charge in [0.25, 0.3) is 5.91 Å². The second-order valence-corrected chi connectivity index (χ2v) is 7.94. The van der Waals surface area contributed by atoms with Crippen LogP contribution in [0.25, 0.3) is 0 Å². The molecule has 1 amide bonds. The number of anilines is 1. The number of ether oxygens (including phenoxy) is 2. The van der Waals surface area contributed by atoms with Gasteiger partial charge in [-0.05, 0) is 74.3 Å². The Morgan fingerprint density at radius 3 is 2.40 bits per heavy atom. The van der Waals surface area contributed by atoms with Crippen LogP contribution in [0.5, 0.6) is 28.7 Å². The molecule has 0 spiro atoms. The molecule has 154 valence electrons. The summed E-state index contributed by atoms with van der Waals surface area (Å²) in [5.74, 6) is 0.826. The summed E-state index contributed by atoms with van der Waals surface area (Å²) in [6, 6.07) is 14.6. The van der Waals surface area contributed by atoms with Crippen LogP contribution in [-0.2, 0) is 4.79 Å². The van der Waals surface area contributed by atoms with Crippen molar-refractivity contribution in [3.63, 3.8) is 0 Å². The van der Waals surface area contributed by atoms with Gasteiger partial charge in [0.05, 0.1) is 8.95 Å². The molecule has 0 saturated carbocycles. The molecule has 0 radical (unpaired) electrons. The van der Waals surface area contributed by atoms with E-state index in [1.54, 1.807) is 42.5 Å². The van der Waals surface area contributed by atoms with Crippen LogP contribution in [0.4, 0.5) is 5.69 Å². The van der Waals surface area contributed by atoms with Crippen molar-refractivity contribution in [3.05, 3.63) is 68.6 Å². The fourth-order valence-electron chi connectivity index (χ4n) is 2.37. The summed E-state index contributed by atoms with van der Waals surface area (Å²) in [6.45, 7) is 0. The number of halogens is 3. The summed E-state index contributed by atoms with van der Waals surface area (Å²) in [5.41, 5.74) is 0.446. The first-order valence-corrected chi connectivity index (χ1v) is 10.2. The van der Waals surface area contributed by atoms with Crippen LogP contribution < -0.4 is 14.8 Å². The highest BCUT2D eigenvalue weighted by molar-refractivity contribution is 9.11. The van der Waals surface area contributed by atoms with Crippen LogP contribution in [0.2, 0.25) is 5.02 Å². The molecule has 0 aliphatic carbocycles. The van der Waals surface area contributed by atoms with Crippen LogP contribution in [0.15, 0.2) is 68.7 Å². The molecule has 0 aliphatic rings. The standard InChI is InChI=1S/C20H13Br2ClN2O5/c21-15-7-12(25-19(27)10-24-28)8-16(22)20(15)30-14-4-5-17(26)18(9-14)29-13-3-1-2-11(23)6-13/h1-10,26,28H,(H,25,27)/b24-10+. The number of oxime groups is 1. The van der Waals surface area contributed by atoms with Gasteiger partial charge >= 0.3 is 0 Å². The van der Waals surface area contributed by atoms with E-state index in [1.807, 2.05) is 0 Å². The summed E-state index contributed by atoms with van der Waals surface area (Å²) in [5, 5.41) is 24.2. The van der Waals surface area contributed by atoms with Gasteiger partial charge in [-0.25, -0.2) is 0 Å². The molecule has 30 heavy (non-hydrogen) atoms. The van der Waals surface area contributed by atoms with E-state index in [-0.39, 0.29) is 11.5 Å². The number of phenols is 1. The zero-order valence-electron chi connectivity index (χ0n) is 15.0. The van der Waals surface area contributed by atoms with Gasteiger partial charge in [0.2, 0.25) is 0 Å². The van der Waals surface area contributed by atoms with Crippen LogP contribution in [-0.4, -0.2) is 22.4 Å². The Labute approximate surface area is 193 Å². The van der Waals surface area contributed by atoms with E-state index in [0.29, 0.717) is 36.9 Å². The number of benzene rings is 3. The van der Waals surface area contributed by atoms with Crippen molar-refractivity contribution in [3.8, 4) is 28.7 Å². The number of nitrogens with one attached hydrogen (secondary N) is 1. The molecule has 0 saturated heterocycles. The van der Waals surface area contributed by atoms with E-state index >= 15 is 0 Å². The van der Waals surface area contributed by atoms with Crippen LogP contribution in [0.1, 0.15) is 0 Å². The topological polar surface area (TPSA) is 100 Å². The number of carbonyl (C=O) groups excluding carboxylic acids is 1. The van der Waals surface area contributed by atoms with Gasteiger partial charge in [0.1, 0.15) is 17.7 Å². The van der Waals surface area contributed by atoms with Crippen molar-refractivity contribution in [2.75, 3.05) is 5.32 Å². The van der Waals surface area contributed by atoms with Crippen molar-refractivity contribution in [1.29, 1.82) is 0 Å². The van der Waals surface area contributed by atoms with Gasteiger partial charge in [-0.2, -0.15) is 0 Å². The Morgan fingerprint density at radius 2 is 1.73 bits per heavy atom. The first-order chi connectivity index (χ1) is 14.4. The van der Waals surface area contributed by atoms with E-state index in [1.165, 1.54) is 12.1 Å². The quantitative estimate of drug-likeness (QED) is 0.182. The first kappa shape index (κ1) is 21.9. The van der Waals surface area contributed by atoms with Crippen molar-refractivity contribution in [2.45, 2.75) is 0 Å². The third-order valence-corrected chi connectivity index (χ3v) is 5.03. The molecular formula is C20H13Br2ClN2O5. The maximum Gasteiger partial charge on any atom is 0.270 e. The zero-order chi connectivity index (χ0) is 21.7. The Hall–Kier alpha value is -2.75. The van der Waals surface area contributed by atoms with Gasteiger partial charge in [0, 0.05) is 16.8 Å². The Morgan fingerprint density at radius 1 is 1.03 bits per heavy atom. The predicted octanol–water partition coefficient (Wildman–Crippen LogP) is 6.55. The summed E-state index contributed by atoms with van der Waals surface area (Å²) in [6.07, 6.45) is 0.740. The Balaban J connectivity index is 1.83. The average molecular weight is 557 g/mol. The lowest BCUT2D eigenvalue weighted by atomic mass is 10.2. The molecule has 3 rings (SSSR count). The smallest absolute Gasteiger partial charge is 0.270 e. The lowest BCUT2D eigenvalue weighted by Crippen LogP contribution is -2.12. The summed E-state index contributed by atoms with van der Waals surface area (Å²) in [4.78, 5) is 11.5. The highest BCUT2D eigenvalue weighted by Gasteiger charge is 2.14. The number of aromatic hydroxyl groups is 1. The monoisotopic (exact) mass is 554 g/mol. The molecule has 0 aliphatic heterocycles. The molecule has 7 nitrogen and oxygen atoms in total. The van der Waals surface area contributed by atoms with E-state index in [9.17, 15) is 9.90 Å². The number of phenolic OH excluding ortho intramolecular Hbond substituents is 1. The van der Waals surface area contributed by atoms with Gasteiger partial charge in [-0.1, -0.05) is 22.8 Å². The minimum atomic E-state index is -0.591. The van der Waals surface area contributed by atoms with E-state index < -0.39 is 5.91 Å². The molecule has 0 bridgehead atoms. The van der Waals surface area contributed by atoms with Crippen molar-refractivity contribution in [1.82, 2.24) is 0 Å². The highest BCUT2D eigenvalue weighted by atomic mass is 79.9. The number of nitrogens with zero attached hydrogens (tertiary/aromatic N) is 1. The van der Waals surface area contributed by atoms with Gasteiger partial charge in [-0.15, -0.1) is 0 Å². The Kier molecular flexibility index (Phi) is 7.20. The molecule has 3 aromatic carbocycles. The normalized spacial score (nSPS) is 10.8. The third-order valence-electron chi connectivity index (χ3n) is 3.62. The lowest BCUT2D eigenvalue weighted by Gasteiger charge is -2.14. The second kappa shape index (κ2) is 9.84. The lowest BCUT2D eigenvalue weighted by molar-refractivity contribution is -0.110. The number of hydrogen-bond donors (Lipinski definition) is 3. The number of amides is 1. The fraction of sp³-hybridized carbons (Fsp3) is 0. The molecule has 0 unspecified atom stereocenters. The molecule has 0 atom stereocenters. The second-order valence-electron chi connectivity index (χ2n) is 5.79. The minimum absolute atomic E-state index is 0.0657. The van der Waals surface area contributed by atoms with Crippen molar-refractivity contribution in [2.24, 2.45) is 5.16 Å². The minimum Gasteiger partial charge on any atom is -0.504 e. The SMILES string of the molecule is O=C(/C=N/O)Nc1cc(Br)c(Oc2ccc(O)c(Oc3cccc(Cl)c3)c2)c(Br)c1. The molecule has 0 heterocycles. The molecule has 10 heteroatoms. The van der Waals surface area contributed by atoms with Crippen LogP contribution in [0.3, 0.4) is 0 Å². The zero-order valence-corrected chi connectivity index (χ0v) is 18.9. The van der Waals surface area contributed by atoms with Crippen molar-refractivity contribution < 1.29 is 24.6 Å². The van der Waals surface area contributed by atoms with Gasteiger partial charge in [-0.3, -0.25) is 4.79 Å². The van der Waals surface area contributed by atoms with Gasteiger partial charge in [0.15, 0.2) is 17.2 Å². The Bertz CT molecular complexity index is 1100. The number of rotatable bonds is 6. The third kappa shape index (κ3) is 5.65. The van der Waals surface area contributed by atoms with Crippen LogP contribution >= 0.6 is 43.5 Å². The fourth-order valence-corrected chi connectivity index (χ4v) is 3.90. The van der Waals surface area contributed by atoms with Crippen LogP contribution in [0, 0.1) is 0 Å². The van der Waals surface area contributed by atoms with Gasteiger partial charge < -0.3 is 25.1 Å². The molecule has 0 fully saturated rings. The van der Waals surface area contributed by atoms with E-state index in [0.717, 1.165) is 6.21 Å². The van der Waals surface area contributed by atoms with E-state index in [4.69, 9.17) is 26.3 Å². The first-order valence-electron chi connectivity index (χ1n) is 8.27. The summed E-state index contributed by atoms with van der Waals surface area (Å²) < 4.78 is 12.7.